The molecule has 0 spiro atoms. The van der Waals surface area contributed by atoms with Crippen molar-refractivity contribution < 1.29 is 13.6 Å². The molecule has 2 atom stereocenters. The van der Waals surface area contributed by atoms with Gasteiger partial charge >= 0.3 is 11.4 Å². The van der Waals surface area contributed by atoms with Gasteiger partial charge in [-0.25, -0.2) is 47.4 Å². The second kappa shape index (κ2) is 21.9. The third kappa shape index (κ3) is 10.0. The zero-order valence-corrected chi connectivity index (χ0v) is 44.8. The highest BCUT2D eigenvalue weighted by atomic mass is 35.5. The van der Waals surface area contributed by atoms with Gasteiger partial charge in [-0.15, -0.1) is 0 Å². The molecule has 21 heteroatoms. The maximum absolute atomic E-state index is 14.9. The van der Waals surface area contributed by atoms with E-state index in [9.17, 15) is 23.2 Å². The molecule has 0 unspecified atom stereocenters. The maximum atomic E-state index is 14.9. The summed E-state index contributed by atoms with van der Waals surface area (Å²) in [6, 6.07) is 15.9. The number of aryl methyl sites for hydroxylation is 2. The van der Waals surface area contributed by atoms with E-state index >= 15 is 0 Å². The van der Waals surface area contributed by atoms with E-state index in [1.165, 1.54) is 27.3 Å². The quantitative estimate of drug-likeness (QED) is 0.135. The summed E-state index contributed by atoms with van der Waals surface area (Å²) < 4.78 is 32.5. The average Bonchev–Trinajstić information content (AvgIpc) is 3.39. The summed E-state index contributed by atoms with van der Waals surface area (Å²) in [7, 11) is 0. The average molecular weight is 1070 g/mol. The van der Waals surface area contributed by atoms with Crippen LogP contribution in [0.25, 0.3) is 56.2 Å². The van der Waals surface area contributed by atoms with Gasteiger partial charge in [0.05, 0.1) is 22.8 Å². The zero-order valence-electron chi connectivity index (χ0n) is 43.3. The van der Waals surface area contributed by atoms with Gasteiger partial charge in [-0.2, -0.15) is 9.97 Å². The van der Waals surface area contributed by atoms with Crippen molar-refractivity contribution in [1.29, 1.82) is 0 Å². The van der Waals surface area contributed by atoms with Gasteiger partial charge in [-0.3, -0.25) is 14.8 Å². The Morgan fingerprint density at radius 1 is 0.671 bits per heavy atom. The lowest BCUT2D eigenvalue weighted by molar-refractivity contribution is -0.126. The third-order valence-electron chi connectivity index (χ3n) is 13.6. The monoisotopic (exact) mass is 1070 g/mol. The first-order valence-corrected chi connectivity index (χ1v) is 25.7. The predicted molar refractivity (Wildman–Crippen MR) is 293 cm³/mol. The minimum atomic E-state index is -0.576. The van der Waals surface area contributed by atoms with E-state index in [-0.39, 0.29) is 79.5 Å². The van der Waals surface area contributed by atoms with Crippen molar-refractivity contribution in [3.05, 3.63) is 151 Å². The number of carbonyl (C=O) groups is 1. The molecule has 2 aliphatic rings. The molecule has 0 bridgehead atoms. The van der Waals surface area contributed by atoms with Crippen molar-refractivity contribution in [2.45, 2.75) is 79.3 Å². The molecule has 6 aromatic heterocycles. The Labute approximate surface area is 447 Å². The van der Waals surface area contributed by atoms with Crippen molar-refractivity contribution in [3.8, 4) is 33.9 Å². The number of carbonyl (C=O) groups excluding carboxylic acids is 1. The number of anilines is 2. The summed E-state index contributed by atoms with van der Waals surface area (Å²) in [5.41, 5.74) is 4.89. The standard InChI is InChI=1S/C29H29ClFN7O2.C26H27ClFN7O/c1-6-21(39)36-13-14-37(18(5)15-36)27-24-28(34-23(26(30)33-24)19-9-7-8-10-20(19)31)38(29(40)35-27)25-17(4)11-12-32-22(25)16(2)3;1-14(2)19-22(15(3)9-10-30-19)35-25-21(24(33-26(35)36)34-12-11-29-13-16(34)4)31-23(27)20(32-25)17-7-5-6-8-18(17)28/h6-12,16,18H,1,13-15H2,2-5H3;5-10,14,16,29H,11-13H2,1-4H3/t18-;16-/m00/s1. The van der Waals surface area contributed by atoms with Gasteiger partial charge in [0.1, 0.15) is 23.0 Å². The van der Waals surface area contributed by atoms with Crippen LogP contribution < -0.4 is 26.5 Å². The van der Waals surface area contributed by atoms with Crippen molar-refractivity contribution >= 4 is 63.1 Å². The van der Waals surface area contributed by atoms with Crippen molar-refractivity contribution in [3.63, 3.8) is 0 Å². The van der Waals surface area contributed by atoms with Crippen LogP contribution in [0.3, 0.4) is 0 Å². The fourth-order valence-electron chi connectivity index (χ4n) is 9.77. The molecule has 8 aromatic rings. The first-order valence-electron chi connectivity index (χ1n) is 25.0. The number of halogens is 4. The molecule has 0 aliphatic carbocycles. The number of benzene rings is 2. The van der Waals surface area contributed by atoms with E-state index in [0.717, 1.165) is 29.9 Å². The molecule has 2 aromatic carbocycles. The first-order chi connectivity index (χ1) is 36.4. The minimum absolute atomic E-state index is 0.0154. The van der Waals surface area contributed by atoms with Gasteiger partial charge < -0.3 is 20.0 Å². The highest BCUT2D eigenvalue weighted by Crippen LogP contribution is 2.36. The highest BCUT2D eigenvalue weighted by Gasteiger charge is 2.32. The maximum Gasteiger partial charge on any atom is 0.356 e. The summed E-state index contributed by atoms with van der Waals surface area (Å²) in [5, 5.41) is 3.36. The van der Waals surface area contributed by atoms with Crippen molar-refractivity contribution in [1.82, 2.24) is 59.2 Å². The number of piperazine rings is 2. The molecule has 2 saturated heterocycles. The van der Waals surface area contributed by atoms with Gasteiger partial charge in [0.15, 0.2) is 44.3 Å². The lowest BCUT2D eigenvalue weighted by Gasteiger charge is -2.40. The predicted octanol–water partition coefficient (Wildman–Crippen LogP) is 8.95. The van der Waals surface area contributed by atoms with Gasteiger partial charge in [0.2, 0.25) is 5.91 Å². The molecule has 2 aliphatic heterocycles. The smallest absolute Gasteiger partial charge is 0.349 e. The van der Waals surface area contributed by atoms with E-state index in [1.807, 2.05) is 70.4 Å². The van der Waals surface area contributed by atoms with Crippen LogP contribution in [0.1, 0.15) is 75.9 Å². The number of amides is 1. The third-order valence-corrected chi connectivity index (χ3v) is 14.1. The van der Waals surface area contributed by atoms with Gasteiger partial charge in [-0.1, -0.05) is 81.7 Å². The Morgan fingerprint density at radius 2 is 1.13 bits per heavy atom. The van der Waals surface area contributed by atoms with Crippen molar-refractivity contribution in [2.24, 2.45) is 0 Å². The molecule has 1 amide bonds. The van der Waals surface area contributed by atoms with Crippen LogP contribution in [0.5, 0.6) is 0 Å². The summed E-state index contributed by atoms with van der Waals surface area (Å²) in [5.74, 6) is -0.422. The van der Waals surface area contributed by atoms with E-state index < -0.39 is 23.0 Å². The molecule has 392 valence electrons. The van der Waals surface area contributed by atoms with E-state index in [2.05, 4.69) is 48.7 Å². The minimum Gasteiger partial charge on any atom is -0.349 e. The molecule has 1 N–H and O–H groups in total. The van der Waals surface area contributed by atoms with E-state index in [0.29, 0.717) is 60.4 Å². The highest BCUT2D eigenvalue weighted by molar-refractivity contribution is 6.32. The topological polar surface area (TPSA) is 186 Å². The number of aromatic nitrogens is 10. The number of hydrogen-bond donors (Lipinski definition) is 1. The fraction of sp³-hybridized carbons (Fsp3) is 0.327. The van der Waals surface area contributed by atoms with Crippen molar-refractivity contribution in [2.75, 3.05) is 49.1 Å². The SMILES string of the molecule is C=CC(=O)N1CCN(c2nc(=O)n(-c3c(C)ccnc3C(C)C)c3nc(-c4ccccc4F)c(Cl)nc23)[C@@H](C)C1.Cc1ccnc(C(C)C)c1-n1c(=O)nc(N2CCNC[C@@H]2C)c2nc(Cl)c(-c3ccccc3F)nc21. The van der Waals surface area contributed by atoms with E-state index in [4.69, 9.17) is 33.2 Å². The molecule has 0 radical (unpaired) electrons. The van der Waals surface area contributed by atoms with Crippen LogP contribution in [0.2, 0.25) is 10.3 Å². The molecule has 0 saturated carbocycles. The largest absolute Gasteiger partial charge is 0.356 e. The Morgan fingerprint density at radius 3 is 1.55 bits per heavy atom. The molecular formula is C55H56Cl2F2N14O3. The lowest BCUT2D eigenvalue weighted by atomic mass is 10.0. The normalized spacial score (nSPS) is 15.9. The molecular weight excluding hydrogens is 1010 g/mol. The second-order valence-electron chi connectivity index (χ2n) is 19.4. The number of hydrogen-bond acceptors (Lipinski definition) is 14. The number of fused-ring (bicyclic) bond motifs is 2. The summed E-state index contributed by atoms with van der Waals surface area (Å²) in [6.07, 6.45) is 4.70. The molecule has 2 fully saturated rings. The Bertz CT molecular complexity index is 3700. The summed E-state index contributed by atoms with van der Waals surface area (Å²) >= 11 is 13.3. The van der Waals surface area contributed by atoms with E-state index in [1.54, 1.807) is 53.7 Å². The van der Waals surface area contributed by atoms with Crippen LogP contribution in [0, 0.1) is 25.5 Å². The molecule has 17 nitrogen and oxygen atoms in total. The number of nitrogens with zero attached hydrogens (tertiary/aromatic N) is 13. The Kier molecular flexibility index (Phi) is 15.4. The number of nitrogens with one attached hydrogen (secondary N) is 1. The van der Waals surface area contributed by atoms with Crippen LogP contribution in [0.4, 0.5) is 20.4 Å². The van der Waals surface area contributed by atoms with Crippen LogP contribution in [-0.4, -0.2) is 111 Å². The van der Waals surface area contributed by atoms with Gasteiger partial charge in [-0.05, 0) is 93.1 Å². The summed E-state index contributed by atoms with van der Waals surface area (Å²) in [6.45, 7) is 22.7. The number of rotatable bonds is 9. The second-order valence-corrected chi connectivity index (χ2v) is 20.2. The van der Waals surface area contributed by atoms with Crippen LogP contribution >= 0.6 is 23.2 Å². The molecule has 8 heterocycles. The lowest BCUT2D eigenvalue weighted by Crippen LogP contribution is -2.54. The van der Waals surface area contributed by atoms with Crippen LogP contribution in [-0.2, 0) is 4.79 Å². The first kappa shape index (κ1) is 53.2. The number of pyridine rings is 2. The molecule has 76 heavy (non-hydrogen) atoms. The summed E-state index contributed by atoms with van der Waals surface area (Å²) in [4.78, 5) is 82.5. The Balaban J connectivity index is 0.000000187. The van der Waals surface area contributed by atoms with Gasteiger partial charge in [0.25, 0.3) is 0 Å². The van der Waals surface area contributed by atoms with Gasteiger partial charge in [0, 0.05) is 74.9 Å². The Hall–Kier alpha value is -7.61. The molecule has 10 rings (SSSR count). The fourth-order valence-corrected chi connectivity index (χ4v) is 10.2. The zero-order chi connectivity index (χ0) is 54.3. The van der Waals surface area contributed by atoms with Crippen LogP contribution in [0.15, 0.2) is 95.3 Å².